The third-order valence-corrected chi connectivity index (χ3v) is 6.92. The molecule has 182 valence electrons. The third kappa shape index (κ3) is 4.53. The van der Waals surface area contributed by atoms with Crippen LogP contribution < -0.4 is 15.0 Å². The summed E-state index contributed by atoms with van der Waals surface area (Å²) in [5, 5.41) is 11.6. The average molecular weight is 477 g/mol. The molecule has 0 radical (unpaired) electrons. The van der Waals surface area contributed by atoms with Crippen LogP contribution in [0.1, 0.15) is 36.6 Å². The van der Waals surface area contributed by atoms with E-state index in [0.717, 1.165) is 48.8 Å². The van der Waals surface area contributed by atoms with Gasteiger partial charge >= 0.3 is 6.01 Å². The molecule has 0 bridgehead atoms. The van der Waals surface area contributed by atoms with Crippen LogP contribution in [0.2, 0.25) is 0 Å². The summed E-state index contributed by atoms with van der Waals surface area (Å²) in [5.74, 6) is 2.58. The van der Waals surface area contributed by atoms with E-state index in [2.05, 4.69) is 47.3 Å². The fourth-order valence-electron chi connectivity index (χ4n) is 4.66. The first kappa shape index (κ1) is 21.8. The molecular formula is C25H29FN8O. The Morgan fingerprint density at radius 2 is 1.86 bits per heavy atom. The molecule has 9 nitrogen and oxygen atoms in total. The van der Waals surface area contributed by atoms with Crippen molar-refractivity contribution < 1.29 is 9.13 Å². The molecule has 10 heteroatoms. The summed E-state index contributed by atoms with van der Waals surface area (Å²) in [4.78, 5) is 16.8. The zero-order valence-electron chi connectivity index (χ0n) is 19.9. The molecule has 1 saturated heterocycles. The number of fused-ring (bicyclic) bond motifs is 1. The van der Waals surface area contributed by atoms with Gasteiger partial charge in [0.15, 0.2) is 11.6 Å². The SMILES string of the molecule is Cc1cc2cc(Oc3nc(Nc4cc(C5CCC5)[nH]n4)cc(N4CCN(C)CC4)n3)cc(F)c2[nH]1. The van der Waals surface area contributed by atoms with E-state index < -0.39 is 0 Å². The minimum absolute atomic E-state index is 0.157. The number of aromatic amines is 2. The van der Waals surface area contributed by atoms with Crippen LogP contribution in [0.25, 0.3) is 10.9 Å². The molecule has 2 aliphatic rings. The number of benzene rings is 1. The number of nitrogens with one attached hydrogen (secondary N) is 3. The number of H-pyrrole nitrogens is 2. The molecule has 3 aromatic heterocycles. The molecule has 1 aliphatic heterocycles. The number of ether oxygens (including phenoxy) is 1. The van der Waals surface area contributed by atoms with Gasteiger partial charge in [0.05, 0.1) is 5.52 Å². The van der Waals surface area contributed by atoms with Gasteiger partial charge < -0.3 is 24.8 Å². The number of rotatable bonds is 6. The zero-order chi connectivity index (χ0) is 23.9. The number of hydrogen-bond donors (Lipinski definition) is 3. The van der Waals surface area contributed by atoms with Crippen molar-refractivity contribution >= 4 is 28.4 Å². The molecule has 35 heavy (non-hydrogen) atoms. The van der Waals surface area contributed by atoms with E-state index in [4.69, 9.17) is 4.74 Å². The van der Waals surface area contributed by atoms with Crippen molar-refractivity contribution in [3.8, 4) is 11.8 Å². The van der Waals surface area contributed by atoms with Crippen molar-refractivity contribution in [3.05, 3.63) is 47.5 Å². The highest BCUT2D eigenvalue weighted by Gasteiger charge is 2.22. The first-order valence-corrected chi connectivity index (χ1v) is 12.1. The van der Waals surface area contributed by atoms with E-state index in [9.17, 15) is 4.39 Å². The van der Waals surface area contributed by atoms with Crippen LogP contribution in [0.3, 0.4) is 0 Å². The fourth-order valence-corrected chi connectivity index (χ4v) is 4.66. The van der Waals surface area contributed by atoms with Gasteiger partial charge in [-0.15, -0.1) is 0 Å². The number of piperazine rings is 1. The number of anilines is 3. The zero-order valence-corrected chi connectivity index (χ0v) is 19.9. The third-order valence-electron chi connectivity index (χ3n) is 6.92. The Hall–Kier alpha value is -3.66. The summed E-state index contributed by atoms with van der Waals surface area (Å²) < 4.78 is 20.6. The Balaban J connectivity index is 1.31. The van der Waals surface area contributed by atoms with Gasteiger partial charge in [0, 0.05) is 67.1 Å². The van der Waals surface area contributed by atoms with Crippen molar-refractivity contribution in [1.82, 2.24) is 30.0 Å². The van der Waals surface area contributed by atoms with Gasteiger partial charge in [-0.2, -0.15) is 15.1 Å². The summed E-state index contributed by atoms with van der Waals surface area (Å²) in [7, 11) is 2.11. The van der Waals surface area contributed by atoms with Crippen molar-refractivity contribution in [1.29, 1.82) is 0 Å². The maximum Gasteiger partial charge on any atom is 0.325 e. The molecule has 0 atom stereocenters. The molecule has 1 saturated carbocycles. The molecule has 0 spiro atoms. The normalized spacial score (nSPS) is 17.1. The predicted octanol–water partition coefficient (Wildman–Crippen LogP) is 4.68. The Bertz CT molecular complexity index is 1350. The van der Waals surface area contributed by atoms with Crippen molar-refractivity contribution in [2.24, 2.45) is 0 Å². The van der Waals surface area contributed by atoms with Crippen LogP contribution >= 0.6 is 0 Å². The Labute approximate surface area is 202 Å². The topological polar surface area (TPSA) is 98.0 Å². The second kappa shape index (κ2) is 8.84. The predicted molar refractivity (Wildman–Crippen MR) is 133 cm³/mol. The molecule has 4 heterocycles. The summed E-state index contributed by atoms with van der Waals surface area (Å²) in [5.41, 5.74) is 2.50. The minimum Gasteiger partial charge on any atom is -0.424 e. The van der Waals surface area contributed by atoms with Crippen LogP contribution in [0.15, 0.2) is 30.3 Å². The summed E-state index contributed by atoms with van der Waals surface area (Å²) in [6.07, 6.45) is 3.66. The van der Waals surface area contributed by atoms with Gasteiger partial charge in [-0.1, -0.05) is 6.42 Å². The summed E-state index contributed by atoms with van der Waals surface area (Å²) in [6, 6.07) is 9.14. The maximum atomic E-state index is 14.6. The Kier molecular flexibility index (Phi) is 5.52. The lowest BCUT2D eigenvalue weighted by molar-refractivity contribution is 0.311. The van der Waals surface area contributed by atoms with Crippen molar-refractivity contribution in [2.75, 3.05) is 43.4 Å². The molecular weight excluding hydrogens is 447 g/mol. The summed E-state index contributed by atoms with van der Waals surface area (Å²) >= 11 is 0. The number of nitrogens with zero attached hydrogens (tertiary/aromatic N) is 5. The smallest absolute Gasteiger partial charge is 0.325 e. The average Bonchev–Trinajstić information content (AvgIpc) is 3.39. The molecule has 1 aromatic carbocycles. The maximum absolute atomic E-state index is 14.6. The van der Waals surface area contributed by atoms with E-state index >= 15 is 0 Å². The number of aryl methyl sites for hydroxylation is 1. The first-order chi connectivity index (χ1) is 17.0. The van der Waals surface area contributed by atoms with E-state index in [1.165, 1.54) is 25.3 Å². The molecule has 6 rings (SSSR count). The highest BCUT2D eigenvalue weighted by molar-refractivity contribution is 5.82. The van der Waals surface area contributed by atoms with Crippen molar-refractivity contribution in [2.45, 2.75) is 32.1 Å². The quantitative estimate of drug-likeness (QED) is 0.372. The Morgan fingerprint density at radius 1 is 1.03 bits per heavy atom. The lowest BCUT2D eigenvalue weighted by Gasteiger charge is -2.33. The second-order valence-corrected chi connectivity index (χ2v) is 9.57. The van der Waals surface area contributed by atoms with Gasteiger partial charge in [0.2, 0.25) is 0 Å². The van der Waals surface area contributed by atoms with Gasteiger partial charge in [-0.25, -0.2) is 4.39 Å². The second-order valence-electron chi connectivity index (χ2n) is 9.57. The van der Waals surface area contributed by atoms with Crippen molar-refractivity contribution in [3.63, 3.8) is 0 Å². The Morgan fingerprint density at radius 3 is 2.63 bits per heavy atom. The van der Waals surface area contributed by atoms with E-state index in [1.807, 2.05) is 25.1 Å². The molecule has 0 unspecified atom stereocenters. The van der Waals surface area contributed by atoms with Gasteiger partial charge in [-0.3, -0.25) is 5.10 Å². The van der Waals surface area contributed by atoms with Crippen LogP contribution in [-0.2, 0) is 0 Å². The highest BCUT2D eigenvalue weighted by atomic mass is 19.1. The lowest BCUT2D eigenvalue weighted by atomic mass is 9.83. The minimum atomic E-state index is -0.376. The van der Waals surface area contributed by atoms with Crippen LogP contribution in [0.4, 0.5) is 21.8 Å². The van der Waals surface area contributed by atoms with Crippen LogP contribution in [-0.4, -0.2) is 63.3 Å². The highest BCUT2D eigenvalue weighted by Crippen LogP contribution is 2.36. The van der Waals surface area contributed by atoms with E-state index in [1.54, 1.807) is 6.07 Å². The number of halogens is 1. The fraction of sp³-hybridized carbons (Fsp3) is 0.400. The summed E-state index contributed by atoms with van der Waals surface area (Å²) in [6.45, 7) is 5.49. The molecule has 4 aromatic rings. The van der Waals surface area contributed by atoms with Gasteiger partial charge in [0.25, 0.3) is 0 Å². The molecule has 2 fully saturated rings. The number of aromatic nitrogens is 5. The standard InChI is InChI=1S/C25H29FN8O/c1-15-10-17-11-18(12-19(26)24(17)27-15)35-25-29-21(14-23(30-25)34-8-6-33(2)7-9-34)28-22-13-20(31-32-22)16-4-3-5-16/h10-14,16,27H,3-9H2,1-2H3,(H2,28,29,30,31,32). The number of hydrogen-bond acceptors (Lipinski definition) is 7. The lowest BCUT2D eigenvalue weighted by Crippen LogP contribution is -2.44. The molecule has 3 N–H and O–H groups in total. The monoisotopic (exact) mass is 476 g/mol. The largest absolute Gasteiger partial charge is 0.424 e. The van der Waals surface area contributed by atoms with Gasteiger partial charge in [-0.05, 0) is 38.9 Å². The first-order valence-electron chi connectivity index (χ1n) is 12.1. The van der Waals surface area contributed by atoms with Gasteiger partial charge in [0.1, 0.15) is 17.4 Å². The molecule has 1 aliphatic carbocycles. The van der Waals surface area contributed by atoms with E-state index in [0.29, 0.717) is 28.8 Å². The van der Waals surface area contributed by atoms with Crippen LogP contribution in [0.5, 0.6) is 11.8 Å². The molecule has 0 amide bonds. The number of likely N-dealkylation sites (N-methyl/N-ethyl adjacent to an activating group) is 1. The van der Waals surface area contributed by atoms with Crippen LogP contribution in [0, 0.1) is 12.7 Å². The van der Waals surface area contributed by atoms with E-state index in [-0.39, 0.29) is 11.8 Å².